The third kappa shape index (κ3) is 2.44. The molecule has 0 spiro atoms. The minimum atomic E-state index is -0.551. The Hall–Kier alpha value is -1.06. The van der Waals surface area contributed by atoms with E-state index >= 15 is 0 Å². The van der Waals surface area contributed by atoms with E-state index in [1.54, 1.807) is 0 Å². The van der Waals surface area contributed by atoms with Crippen molar-refractivity contribution in [2.75, 3.05) is 13.1 Å². The van der Waals surface area contributed by atoms with Crippen molar-refractivity contribution in [3.63, 3.8) is 0 Å². The molecule has 2 unspecified atom stereocenters. The van der Waals surface area contributed by atoms with Gasteiger partial charge < -0.3 is 0 Å². The summed E-state index contributed by atoms with van der Waals surface area (Å²) in [5.74, 6) is 1.21. The highest BCUT2D eigenvalue weighted by atomic mass is 15.2. The molecule has 0 aromatic carbocycles. The highest BCUT2D eigenvalue weighted by Crippen LogP contribution is 2.22. The number of hydrogen-bond donors (Lipinski definition) is 0. The van der Waals surface area contributed by atoms with Crippen LogP contribution in [0.1, 0.15) is 20.3 Å². The van der Waals surface area contributed by atoms with Gasteiger partial charge in [-0.15, -0.1) is 0 Å². The highest BCUT2D eigenvalue weighted by molar-refractivity contribution is 5.08. The predicted molar refractivity (Wildman–Crippen MR) is 49.5 cm³/mol. The molecule has 0 saturated carbocycles. The van der Waals surface area contributed by atoms with Gasteiger partial charge >= 0.3 is 0 Å². The molecule has 1 aliphatic rings. The van der Waals surface area contributed by atoms with Gasteiger partial charge in [0.05, 0.1) is 12.1 Å². The Bertz CT molecular complexity index is 224. The number of hydrogen-bond acceptors (Lipinski definition) is 3. The summed E-state index contributed by atoms with van der Waals surface area (Å²) in [6.45, 7) is 6.12. The van der Waals surface area contributed by atoms with Gasteiger partial charge in [-0.05, 0) is 18.3 Å². The second-order valence-electron chi connectivity index (χ2n) is 4.06. The molecular formula is C10H15N3. The Kier molecular flexibility index (Phi) is 3.28. The van der Waals surface area contributed by atoms with Crippen LogP contribution in [0.2, 0.25) is 0 Å². The molecule has 0 radical (unpaired) electrons. The van der Waals surface area contributed by atoms with Crippen LogP contribution in [0.25, 0.3) is 0 Å². The third-order valence-electron chi connectivity index (χ3n) is 2.51. The van der Waals surface area contributed by atoms with Gasteiger partial charge in [-0.25, -0.2) is 0 Å². The van der Waals surface area contributed by atoms with Crippen LogP contribution in [0.15, 0.2) is 0 Å². The summed E-state index contributed by atoms with van der Waals surface area (Å²) in [6, 6.07) is 3.50. The van der Waals surface area contributed by atoms with Gasteiger partial charge in [-0.2, -0.15) is 10.5 Å². The Morgan fingerprint density at radius 3 is 2.00 bits per heavy atom. The Balaban J connectivity index is 2.61. The van der Waals surface area contributed by atoms with Crippen molar-refractivity contribution in [3.8, 4) is 12.1 Å². The SMILES string of the molecule is CC1CC(C)CN(C(C#N)C#N)C1. The van der Waals surface area contributed by atoms with Gasteiger partial charge in [0, 0.05) is 13.1 Å². The number of likely N-dealkylation sites (tertiary alicyclic amines) is 1. The zero-order chi connectivity index (χ0) is 9.84. The van der Waals surface area contributed by atoms with Crippen LogP contribution >= 0.6 is 0 Å². The van der Waals surface area contributed by atoms with Crippen LogP contribution in [0.4, 0.5) is 0 Å². The second-order valence-corrected chi connectivity index (χ2v) is 4.06. The molecule has 0 aromatic heterocycles. The molecule has 1 heterocycles. The minimum absolute atomic E-state index is 0.551. The van der Waals surface area contributed by atoms with E-state index in [0.717, 1.165) is 13.1 Å². The van der Waals surface area contributed by atoms with Crippen LogP contribution in [0.5, 0.6) is 0 Å². The molecule has 3 heteroatoms. The van der Waals surface area contributed by atoms with E-state index in [-0.39, 0.29) is 0 Å². The lowest BCUT2D eigenvalue weighted by atomic mass is 9.91. The lowest BCUT2D eigenvalue weighted by Crippen LogP contribution is -2.43. The van der Waals surface area contributed by atoms with Gasteiger partial charge in [-0.1, -0.05) is 13.8 Å². The summed E-state index contributed by atoms with van der Waals surface area (Å²) in [4.78, 5) is 1.98. The lowest BCUT2D eigenvalue weighted by Gasteiger charge is -2.35. The van der Waals surface area contributed by atoms with Gasteiger partial charge in [0.25, 0.3) is 0 Å². The Morgan fingerprint density at radius 1 is 1.15 bits per heavy atom. The quantitative estimate of drug-likeness (QED) is 0.608. The van der Waals surface area contributed by atoms with Crippen molar-refractivity contribution in [2.24, 2.45) is 11.8 Å². The maximum absolute atomic E-state index is 8.74. The summed E-state index contributed by atoms with van der Waals surface area (Å²) in [5, 5.41) is 17.5. The van der Waals surface area contributed by atoms with Gasteiger partial charge in [-0.3, -0.25) is 4.90 Å². The summed E-state index contributed by atoms with van der Waals surface area (Å²) in [6.07, 6.45) is 1.21. The Labute approximate surface area is 79.6 Å². The molecule has 0 aliphatic carbocycles. The van der Waals surface area contributed by atoms with Crippen molar-refractivity contribution < 1.29 is 0 Å². The summed E-state index contributed by atoms with van der Waals surface area (Å²) >= 11 is 0. The monoisotopic (exact) mass is 177 g/mol. The van der Waals surface area contributed by atoms with Crippen molar-refractivity contribution in [2.45, 2.75) is 26.3 Å². The van der Waals surface area contributed by atoms with E-state index in [4.69, 9.17) is 10.5 Å². The summed E-state index contributed by atoms with van der Waals surface area (Å²) in [5.41, 5.74) is 0. The fraction of sp³-hybridized carbons (Fsp3) is 0.800. The smallest absolute Gasteiger partial charge is 0.186 e. The van der Waals surface area contributed by atoms with Gasteiger partial charge in [0.1, 0.15) is 0 Å². The molecule has 1 saturated heterocycles. The number of piperidine rings is 1. The molecule has 0 aromatic rings. The molecular weight excluding hydrogens is 162 g/mol. The van der Waals surface area contributed by atoms with Gasteiger partial charge in [0.2, 0.25) is 0 Å². The van der Waals surface area contributed by atoms with Crippen LogP contribution in [0, 0.1) is 34.5 Å². The molecule has 3 nitrogen and oxygen atoms in total. The van der Waals surface area contributed by atoms with Crippen LogP contribution in [-0.4, -0.2) is 24.0 Å². The van der Waals surface area contributed by atoms with Crippen molar-refractivity contribution in [1.29, 1.82) is 10.5 Å². The molecule has 0 amide bonds. The molecule has 2 atom stereocenters. The van der Waals surface area contributed by atoms with E-state index in [2.05, 4.69) is 13.8 Å². The summed E-state index contributed by atoms with van der Waals surface area (Å²) < 4.78 is 0. The van der Waals surface area contributed by atoms with E-state index in [0.29, 0.717) is 11.8 Å². The molecule has 13 heavy (non-hydrogen) atoms. The maximum Gasteiger partial charge on any atom is 0.186 e. The number of rotatable bonds is 1. The van der Waals surface area contributed by atoms with E-state index in [1.807, 2.05) is 17.0 Å². The summed E-state index contributed by atoms with van der Waals surface area (Å²) in [7, 11) is 0. The zero-order valence-corrected chi connectivity index (χ0v) is 8.20. The highest BCUT2D eigenvalue weighted by Gasteiger charge is 2.26. The van der Waals surface area contributed by atoms with Crippen LogP contribution in [-0.2, 0) is 0 Å². The first-order chi connectivity index (χ1) is 6.17. The van der Waals surface area contributed by atoms with Crippen molar-refractivity contribution in [3.05, 3.63) is 0 Å². The molecule has 0 N–H and O–H groups in total. The lowest BCUT2D eigenvalue weighted by molar-refractivity contribution is 0.136. The average Bonchev–Trinajstić information content (AvgIpc) is 2.04. The molecule has 1 fully saturated rings. The average molecular weight is 177 g/mol. The molecule has 0 bridgehead atoms. The van der Waals surface area contributed by atoms with Crippen molar-refractivity contribution in [1.82, 2.24) is 4.90 Å². The molecule has 1 aliphatic heterocycles. The standard InChI is InChI=1S/C10H15N3/c1-8-3-9(2)7-13(6-8)10(4-11)5-12/h8-10H,3,6-7H2,1-2H3. The fourth-order valence-corrected chi connectivity index (χ4v) is 2.11. The second kappa shape index (κ2) is 4.25. The first-order valence-electron chi connectivity index (χ1n) is 4.70. The third-order valence-corrected chi connectivity index (χ3v) is 2.51. The van der Waals surface area contributed by atoms with Crippen LogP contribution < -0.4 is 0 Å². The number of nitriles is 2. The molecule has 70 valence electrons. The van der Waals surface area contributed by atoms with E-state index in [1.165, 1.54) is 6.42 Å². The van der Waals surface area contributed by atoms with Gasteiger partial charge in [0.15, 0.2) is 6.04 Å². The topological polar surface area (TPSA) is 50.8 Å². The van der Waals surface area contributed by atoms with Crippen molar-refractivity contribution >= 4 is 0 Å². The largest absolute Gasteiger partial charge is 0.276 e. The first kappa shape index (κ1) is 10.0. The number of nitrogens with zero attached hydrogens (tertiary/aromatic N) is 3. The Morgan fingerprint density at radius 2 is 1.62 bits per heavy atom. The maximum atomic E-state index is 8.74. The minimum Gasteiger partial charge on any atom is -0.276 e. The zero-order valence-electron chi connectivity index (χ0n) is 8.20. The van der Waals surface area contributed by atoms with Crippen LogP contribution in [0.3, 0.4) is 0 Å². The normalized spacial score (nSPS) is 29.6. The first-order valence-corrected chi connectivity index (χ1v) is 4.70. The predicted octanol–water partition coefficient (Wildman–Crippen LogP) is 1.38. The van der Waals surface area contributed by atoms with E-state index in [9.17, 15) is 0 Å². The molecule has 1 rings (SSSR count). The van der Waals surface area contributed by atoms with E-state index < -0.39 is 6.04 Å². The fourth-order valence-electron chi connectivity index (χ4n) is 2.11.